The molecule has 0 radical (unpaired) electrons. The molecule has 0 atom stereocenters. The molecule has 4 nitrogen and oxygen atoms in total. The van der Waals surface area contributed by atoms with Crippen molar-refractivity contribution in [1.29, 1.82) is 0 Å². The Morgan fingerprint density at radius 2 is 1.96 bits per heavy atom. The van der Waals surface area contributed by atoms with Crippen molar-refractivity contribution in [2.75, 3.05) is 13.1 Å². The first kappa shape index (κ1) is 17.1. The first-order valence-electron chi connectivity index (χ1n) is 8.77. The summed E-state index contributed by atoms with van der Waals surface area (Å²) in [4.78, 5) is 19.6. The van der Waals surface area contributed by atoms with E-state index in [9.17, 15) is 4.79 Å². The van der Waals surface area contributed by atoms with E-state index in [-0.39, 0.29) is 5.91 Å². The molecule has 3 rings (SSSR count). The Kier molecular flexibility index (Phi) is 5.99. The van der Waals surface area contributed by atoms with Crippen LogP contribution in [0.4, 0.5) is 0 Å². The van der Waals surface area contributed by atoms with Gasteiger partial charge in [-0.3, -0.25) is 4.79 Å². The maximum Gasteiger partial charge on any atom is 0.273 e. The molecule has 2 N–H and O–H groups in total. The fraction of sp³-hybridized carbons (Fsp3) is 0.474. The topological polar surface area (TPSA) is 59.2 Å². The van der Waals surface area contributed by atoms with Crippen LogP contribution >= 0.6 is 11.3 Å². The highest BCUT2D eigenvalue weighted by Crippen LogP contribution is 2.25. The first-order chi connectivity index (χ1) is 11.8. The molecule has 2 aromatic rings. The van der Waals surface area contributed by atoms with Crippen LogP contribution < -0.4 is 5.73 Å². The van der Waals surface area contributed by atoms with Crippen LogP contribution in [0, 0.1) is 0 Å². The molecule has 1 aliphatic rings. The minimum absolute atomic E-state index is 0.0809. The predicted molar refractivity (Wildman–Crippen MR) is 98.3 cm³/mol. The molecule has 24 heavy (non-hydrogen) atoms. The predicted octanol–water partition coefficient (Wildman–Crippen LogP) is 3.27. The van der Waals surface area contributed by atoms with Crippen LogP contribution in [-0.4, -0.2) is 34.9 Å². The second-order valence-corrected chi connectivity index (χ2v) is 7.28. The van der Waals surface area contributed by atoms with Gasteiger partial charge in [0.15, 0.2) is 0 Å². The summed E-state index contributed by atoms with van der Waals surface area (Å²) in [6.45, 7) is 1.33. The molecule has 1 amide bonds. The number of hydrogen-bond acceptors (Lipinski definition) is 4. The average Bonchev–Trinajstić information content (AvgIpc) is 3.28. The molecule has 1 aromatic heterocycles. The Balaban J connectivity index is 1.72. The van der Waals surface area contributed by atoms with Gasteiger partial charge in [0.2, 0.25) is 0 Å². The quantitative estimate of drug-likeness (QED) is 0.839. The SMILES string of the molecule is NCCc1nc(C(=O)N(CCc2ccccc2)C2CCCC2)cs1. The molecule has 0 saturated heterocycles. The summed E-state index contributed by atoms with van der Waals surface area (Å²) in [7, 11) is 0. The highest BCUT2D eigenvalue weighted by Gasteiger charge is 2.28. The lowest BCUT2D eigenvalue weighted by atomic mass is 10.1. The third-order valence-corrected chi connectivity index (χ3v) is 5.55. The zero-order valence-electron chi connectivity index (χ0n) is 14.0. The smallest absolute Gasteiger partial charge is 0.273 e. The van der Waals surface area contributed by atoms with Crippen LogP contribution in [0.5, 0.6) is 0 Å². The lowest BCUT2D eigenvalue weighted by Gasteiger charge is -2.28. The van der Waals surface area contributed by atoms with E-state index in [0.29, 0.717) is 18.3 Å². The van der Waals surface area contributed by atoms with Crippen molar-refractivity contribution in [2.24, 2.45) is 5.73 Å². The fourth-order valence-electron chi connectivity index (χ4n) is 3.35. The summed E-state index contributed by atoms with van der Waals surface area (Å²) in [5.41, 5.74) is 7.45. The molecule has 1 aromatic carbocycles. The molecular weight excluding hydrogens is 318 g/mol. The molecule has 0 unspecified atom stereocenters. The van der Waals surface area contributed by atoms with E-state index < -0.39 is 0 Å². The Bertz CT molecular complexity index is 650. The number of rotatable bonds is 7. The number of hydrogen-bond donors (Lipinski definition) is 1. The van der Waals surface area contributed by atoms with Gasteiger partial charge in [-0.2, -0.15) is 0 Å². The van der Waals surface area contributed by atoms with Gasteiger partial charge in [-0.15, -0.1) is 11.3 Å². The van der Waals surface area contributed by atoms with Crippen LogP contribution in [0.15, 0.2) is 35.7 Å². The summed E-state index contributed by atoms with van der Waals surface area (Å²) in [5, 5.41) is 2.84. The Hall–Kier alpha value is -1.72. The van der Waals surface area contributed by atoms with E-state index in [2.05, 4.69) is 34.1 Å². The fourth-order valence-corrected chi connectivity index (χ4v) is 4.14. The van der Waals surface area contributed by atoms with Gasteiger partial charge in [0.1, 0.15) is 5.69 Å². The lowest BCUT2D eigenvalue weighted by molar-refractivity contribution is 0.0678. The van der Waals surface area contributed by atoms with E-state index >= 15 is 0 Å². The van der Waals surface area contributed by atoms with Crippen molar-refractivity contribution in [3.8, 4) is 0 Å². The number of nitrogens with zero attached hydrogens (tertiary/aromatic N) is 2. The highest BCUT2D eigenvalue weighted by atomic mass is 32.1. The summed E-state index contributed by atoms with van der Waals surface area (Å²) < 4.78 is 0. The summed E-state index contributed by atoms with van der Waals surface area (Å²) >= 11 is 1.54. The van der Waals surface area contributed by atoms with Crippen molar-refractivity contribution in [1.82, 2.24) is 9.88 Å². The molecule has 1 fully saturated rings. The van der Waals surface area contributed by atoms with Gasteiger partial charge in [-0.25, -0.2) is 4.98 Å². The van der Waals surface area contributed by atoms with Crippen molar-refractivity contribution in [2.45, 2.75) is 44.6 Å². The number of benzene rings is 1. The second kappa shape index (κ2) is 8.40. The third kappa shape index (κ3) is 4.22. The molecule has 0 bridgehead atoms. The summed E-state index contributed by atoms with van der Waals surface area (Å²) in [6.07, 6.45) is 6.29. The Morgan fingerprint density at radius 3 is 2.67 bits per heavy atom. The van der Waals surface area contributed by atoms with E-state index in [1.807, 2.05) is 11.4 Å². The van der Waals surface area contributed by atoms with Gasteiger partial charge in [-0.1, -0.05) is 43.2 Å². The van der Waals surface area contributed by atoms with Gasteiger partial charge in [0, 0.05) is 24.4 Å². The minimum Gasteiger partial charge on any atom is -0.334 e. The van der Waals surface area contributed by atoms with Gasteiger partial charge >= 0.3 is 0 Å². The zero-order valence-corrected chi connectivity index (χ0v) is 14.8. The maximum atomic E-state index is 13.0. The second-order valence-electron chi connectivity index (χ2n) is 6.34. The van der Waals surface area contributed by atoms with Crippen molar-refractivity contribution < 1.29 is 4.79 Å². The highest BCUT2D eigenvalue weighted by molar-refractivity contribution is 7.09. The lowest BCUT2D eigenvalue weighted by Crippen LogP contribution is -2.40. The van der Waals surface area contributed by atoms with E-state index in [1.165, 1.54) is 29.7 Å². The number of nitrogens with two attached hydrogens (primary N) is 1. The molecular formula is C19H25N3OS. The van der Waals surface area contributed by atoms with Gasteiger partial charge in [0.05, 0.1) is 5.01 Å². The molecule has 1 aliphatic carbocycles. The van der Waals surface area contributed by atoms with Crippen LogP contribution in [0.1, 0.15) is 46.7 Å². The number of thiazole rings is 1. The summed E-state index contributed by atoms with van der Waals surface area (Å²) in [6, 6.07) is 10.7. The number of carbonyl (C=O) groups excluding carboxylic acids is 1. The van der Waals surface area contributed by atoms with Crippen molar-refractivity contribution >= 4 is 17.2 Å². The van der Waals surface area contributed by atoms with Crippen LogP contribution in [0.3, 0.4) is 0 Å². The van der Waals surface area contributed by atoms with E-state index in [4.69, 9.17) is 5.73 Å². The molecule has 5 heteroatoms. The van der Waals surface area contributed by atoms with Crippen molar-refractivity contribution in [3.63, 3.8) is 0 Å². The number of amides is 1. The standard InChI is InChI=1S/C19H25N3OS/c20-12-10-18-21-17(14-24-18)19(23)22(16-8-4-5-9-16)13-11-15-6-2-1-3-7-15/h1-3,6-7,14,16H,4-5,8-13,20H2. The minimum atomic E-state index is 0.0809. The normalized spacial score (nSPS) is 14.9. The van der Waals surface area contributed by atoms with Gasteiger partial charge in [-0.05, 0) is 31.4 Å². The number of aromatic nitrogens is 1. The number of carbonyl (C=O) groups is 1. The molecule has 1 saturated carbocycles. The largest absolute Gasteiger partial charge is 0.334 e. The zero-order chi connectivity index (χ0) is 16.8. The average molecular weight is 343 g/mol. The molecule has 0 aliphatic heterocycles. The first-order valence-corrected chi connectivity index (χ1v) is 9.65. The molecule has 1 heterocycles. The van der Waals surface area contributed by atoms with Crippen LogP contribution in [0.2, 0.25) is 0 Å². The molecule has 0 spiro atoms. The Morgan fingerprint density at radius 1 is 1.21 bits per heavy atom. The Labute approximate surface area is 147 Å². The van der Waals surface area contributed by atoms with Crippen molar-refractivity contribution in [3.05, 3.63) is 52.0 Å². The monoisotopic (exact) mass is 343 g/mol. The summed E-state index contributed by atoms with van der Waals surface area (Å²) in [5.74, 6) is 0.0809. The van der Waals surface area contributed by atoms with Crippen LogP contribution in [0.25, 0.3) is 0 Å². The molecule has 128 valence electrons. The van der Waals surface area contributed by atoms with Gasteiger partial charge in [0.25, 0.3) is 5.91 Å². The van der Waals surface area contributed by atoms with Gasteiger partial charge < -0.3 is 10.6 Å². The van der Waals surface area contributed by atoms with E-state index in [1.54, 1.807) is 0 Å². The van der Waals surface area contributed by atoms with Crippen LogP contribution in [-0.2, 0) is 12.8 Å². The maximum absolute atomic E-state index is 13.0. The van der Waals surface area contributed by atoms with E-state index in [0.717, 1.165) is 37.2 Å². The third-order valence-electron chi connectivity index (χ3n) is 4.64.